The number of hydrogen-bond donors (Lipinski definition) is 4. The van der Waals surface area contributed by atoms with Crippen molar-refractivity contribution in [2.45, 2.75) is 43.5 Å². The van der Waals surface area contributed by atoms with Crippen molar-refractivity contribution < 1.29 is 32.2 Å². The second-order valence-electron chi connectivity index (χ2n) is 11.3. The van der Waals surface area contributed by atoms with Gasteiger partial charge < -0.3 is 31.2 Å². The summed E-state index contributed by atoms with van der Waals surface area (Å²) in [6.45, 7) is 1.21. The third kappa shape index (κ3) is 9.38. The molecule has 0 unspecified atom stereocenters. The van der Waals surface area contributed by atoms with E-state index in [1.807, 2.05) is 0 Å². The summed E-state index contributed by atoms with van der Waals surface area (Å²) in [6.07, 6.45) is 3.23. The summed E-state index contributed by atoms with van der Waals surface area (Å²) in [6, 6.07) is 17.8. The molecule has 0 spiro atoms. The first-order valence-electron chi connectivity index (χ1n) is 15.3. The van der Waals surface area contributed by atoms with Gasteiger partial charge in [0.15, 0.2) is 0 Å². The Morgan fingerprint density at radius 1 is 0.957 bits per heavy atom. The summed E-state index contributed by atoms with van der Waals surface area (Å²) in [7, 11) is 0. The number of hydrogen-bond acceptors (Lipinski definition) is 7. The maximum Gasteiger partial charge on any atom is 0.407 e. The first-order chi connectivity index (χ1) is 22.8. The van der Waals surface area contributed by atoms with Crippen LogP contribution in [0, 0.1) is 17.5 Å². The molecule has 2 amide bonds. The molecule has 0 radical (unpaired) electrons. The Hall–Kier alpha value is -4.78. The maximum absolute atomic E-state index is 15.1. The minimum Gasteiger partial charge on any atom is -0.448 e. The highest BCUT2D eigenvalue weighted by atomic mass is 19.1. The lowest BCUT2D eigenvalue weighted by Crippen LogP contribution is -2.49. The van der Waals surface area contributed by atoms with Crippen LogP contribution in [-0.4, -0.2) is 54.9 Å². The highest BCUT2D eigenvalue weighted by Crippen LogP contribution is 2.30. The van der Waals surface area contributed by atoms with E-state index in [0.29, 0.717) is 42.8 Å². The van der Waals surface area contributed by atoms with Crippen LogP contribution in [0.4, 0.5) is 23.7 Å². The molecule has 0 bridgehead atoms. The highest BCUT2D eigenvalue weighted by Gasteiger charge is 2.29. The van der Waals surface area contributed by atoms with Crippen molar-refractivity contribution in [3.05, 3.63) is 131 Å². The molecule has 4 aromatic rings. The van der Waals surface area contributed by atoms with Crippen LogP contribution in [0.15, 0.2) is 91.3 Å². The Morgan fingerprint density at radius 3 is 2.23 bits per heavy atom. The largest absolute Gasteiger partial charge is 0.448 e. The van der Waals surface area contributed by atoms with E-state index in [1.165, 1.54) is 60.7 Å². The lowest BCUT2D eigenvalue weighted by Gasteiger charge is -2.30. The number of halogens is 3. The lowest BCUT2D eigenvalue weighted by molar-refractivity contribution is -0.117. The Bertz CT molecular complexity index is 1570. The van der Waals surface area contributed by atoms with Crippen molar-refractivity contribution in [2.75, 3.05) is 25.1 Å². The molecule has 1 saturated heterocycles. The molecule has 3 atom stereocenters. The number of carbonyl (C=O) groups excluding carboxylic acids is 2. The van der Waals surface area contributed by atoms with Gasteiger partial charge in [0.2, 0.25) is 5.91 Å². The molecule has 12 heteroatoms. The van der Waals surface area contributed by atoms with Crippen molar-refractivity contribution in [1.29, 1.82) is 0 Å². The van der Waals surface area contributed by atoms with Crippen molar-refractivity contribution in [3.8, 4) is 0 Å². The second kappa shape index (κ2) is 16.2. The molecular formula is C35H36F3N5O4. The molecule has 0 saturated carbocycles. The van der Waals surface area contributed by atoms with Gasteiger partial charge in [-0.05, 0) is 78.1 Å². The van der Waals surface area contributed by atoms with Gasteiger partial charge in [0.1, 0.15) is 24.1 Å². The van der Waals surface area contributed by atoms with Gasteiger partial charge in [0.05, 0.1) is 24.8 Å². The van der Waals surface area contributed by atoms with Crippen molar-refractivity contribution in [2.24, 2.45) is 5.73 Å². The van der Waals surface area contributed by atoms with Gasteiger partial charge in [-0.15, -0.1) is 0 Å². The van der Waals surface area contributed by atoms with Gasteiger partial charge in [-0.25, -0.2) is 18.0 Å². The van der Waals surface area contributed by atoms with Gasteiger partial charge in [-0.1, -0.05) is 30.3 Å². The predicted molar refractivity (Wildman–Crippen MR) is 170 cm³/mol. The molecule has 246 valence electrons. The summed E-state index contributed by atoms with van der Waals surface area (Å²) in [4.78, 5) is 29.5. The van der Waals surface area contributed by atoms with E-state index in [0.717, 1.165) is 5.56 Å². The van der Waals surface area contributed by atoms with Gasteiger partial charge in [0.25, 0.3) is 0 Å². The molecule has 1 aromatic heterocycles. The van der Waals surface area contributed by atoms with Gasteiger partial charge in [-0.2, -0.15) is 0 Å². The first kappa shape index (κ1) is 33.6. The maximum atomic E-state index is 15.1. The van der Waals surface area contributed by atoms with E-state index >= 15 is 4.39 Å². The fourth-order valence-corrected chi connectivity index (χ4v) is 5.41. The fourth-order valence-electron chi connectivity index (χ4n) is 5.41. The van der Waals surface area contributed by atoms with E-state index < -0.39 is 41.4 Å². The predicted octanol–water partition coefficient (Wildman–Crippen LogP) is 4.81. The zero-order valence-electron chi connectivity index (χ0n) is 25.5. The van der Waals surface area contributed by atoms with E-state index in [-0.39, 0.29) is 30.9 Å². The number of pyridine rings is 1. The Balaban J connectivity index is 1.14. The number of amides is 2. The molecule has 1 aliphatic rings. The van der Waals surface area contributed by atoms with Gasteiger partial charge in [0, 0.05) is 42.7 Å². The smallest absolute Gasteiger partial charge is 0.407 e. The van der Waals surface area contributed by atoms with Crippen LogP contribution >= 0.6 is 0 Å². The van der Waals surface area contributed by atoms with E-state index in [4.69, 9.17) is 15.2 Å². The molecule has 5 N–H and O–H groups in total. The zero-order valence-corrected chi connectivity index (χ0v) is 25.5. The average molecular weight is 648 g/mol. The average Bonchev–Trinajstić information content (AvgIpc) is 3.09. The number of aromatic nitrogens is 1. The SMILES string of the molecule is N[C@H](C(=O)Nc1cccc(F)c1CC[C@@H]1CN[C@H](COC(=O)NCc2ccncc2)CO1)C(c1ccc(F)cc1)c1ccc(F)cc1. The zero-order chi connectivity index (χ0) is 33.2. The Kier molecular flexibility index (Phi) is 11.6. The molecule has 2 heterocycles. The van der Waals surface area contributed by atoms with Crippen LogP contribution in [0.5, 0.6) is 0 Å². The molecule has 0 aliphatic carbocycles. The number of morpholine rings is 1. The second-order valence-corrected chi connectivity index (χ2v) is 11.3. The molecule has 1 fully saturated rings. The van der Waals surface area contributed by atoms with Crippen LogP contribution in [0.25, 0.3) is 0 Å². The van der Waals surface area contributed by atoms with Crippen LogP contribution < -0.4 is 21.7 Å². The Morgan fingerprint density at radius 2 is 1.62 bits per heavy atom. The third-order valence-electron chi connectivity index (χ3n) is 7.98. The van der Waals surface area contributed by atoms with E-state index in [9.17, 15) is 18.4 Å². The summed E-state index contributed by atoms with van der Waals surface area (Å²) in [5.74, 6) is -2.69. The summed E-state index contributed by atoms with van der Waals surface area (Å²) in [5, 5.41) is 8.75. The fraction of sp³-hybridized carbons (Fsp3) is 0.286. The number of nitrogens with zero attached hydrogens (tertiary/aromatic N) is 1. The number of rotatable bonds is 12. The number of carbonyl (C=O) groups is 2. The summed E-state index contributed by atoms with van der Waals surface area (Å²) < 4.78 is 53.7. The van der Waals surface area contributed by atoms with Crippen LogP contribution in [0.3, 0.4) is 0 Å². The van der Waals surface area contributed by atoms with Crippen LogP contribution in [-0.2, 0) is 27.2 Å². The standard InChI is InChI=1S/C35H36F3N5O4/c36-25-8-4-23(5-9-25)32(24-6-10-26(37)11-7-24)33(39)34(44)43-31-3-1-2-30(38)29(31)13-12-28-19-41-27(20-46-28)21-47-35(45)42-18-22-14-16-40-17-15-22/h1-11,14-17,27-28,32-33,41H,12-13,18-21,39H2,(H,42,45)(H,43,44)/t27-,28+,33-/m0/s1. The number of nitrogens with one attached hydrogen (secondary N) is 3. The quantitative estimate of drug-likeness (QED) is 0.174. The number of ether oxygens (including phenoxy) is 2. The van der Waals surface area contributed by atoms with Crippen molar-refractivity contribution >= 4 is 17.7 Å². The molecule has 1 aliphatic heterocycles. The number of benzene rings is 3. The molecule has 3 aromatic carbocycles. The van der Waals surface area contributed by atoms with Crippen LogP contribution in [0.2, 0.25) is 0 Å². The normalized spacial score (nSPS) is 16.8. The van der Waals surface area contributed by atoms with E-state index in [1.54, 1.807) is 30.6 Å². The summed E-state index contributed by atoms with van der Waals surface area (Å²) in [5.41, 5.74) is 9.08. The molecular weight excluding hydrogens is 611 g/mol. The Labute approximate surface area is 270 Å². The number of anilines is 1. The molecule has 9 nitrogen and oxygen atoms in total. The highest BCUT2D eigenvalue weighted by molar-refractivity contribution is 5.96. The molecule has 47 heavy (non-hydrogen) atoms. The third-order valence-corrected chi connectivity index (χ3v) is 7.98. The van der Waals surface area contributed by atoms with E-state index in [2.05, 4.69) is 20.9 Å². The number of alkyl carbamates (subject to hydrolysis) is 1. The minimum atomic E-state index is -1.16. The number of nitrogens with two attached hydrogens (primary N) is 1. The first-order valence-corrected chi connectivity index (χ1v) is 15.3. The van der Waals surface area contributed by atoms with Crippen molar-refractivity contribution in [3.63, 3.8) is 0 Å². The van der Waals surface area contributed by atoms with Crippen molar-refractivity contribution in [1.82, 2.24) is 15.6 Å². The van der Waals surface area contributed by atoms with Gasteiger partial charge in [-0.3, -0.25) is 9.78 Å². The minimum absolute atomic E-state index is 0.121. The monoisotopic (exact) mass is 647 g/mol. The summed E-state index contributed by atoms with van der Waals surface area (Å²) >= 11 is 0. The molecule has 5 rings (SSSR count). The lowest BCUT2D eigenvalue weighted by atomic mass is 9.85. The van der Waals surface area contributed by atoms with Gasteiger partial charge >= 0.3 is 6.09 Å². The van der Waals surface area contributed by atoms with Crippen LogP contribution in [0.1, 0.15) is 34.6 Å². The topological polar surface area (TPSA) is 128 Å².